The molecule has 0 aliphatic heterocycles. The topological polar surface area (TPSA) is 104 Å². The number of primary amides is 1. The van der Waals surface area contributed by atoms with Crippen LogP contribution in [0.25, 0.3) is 10.9 Å². The van der Waals surface area contributed by atoms with Gasteiger partial charge >= 0.3 is 5.97 Å². The molecule has 27 heavy (non-hydrogen) atoms. The molecule has 0 spiro atoms. The number of hydrogen-bond acceptors (Lipinski definition) is 5. The number of para-hydroxylation sites is 1. The maximum atomic E-state index is 12.4. The lowest BCUT2D eigenvalue weighted by atomic mass is 10.1. The Morgan fingerprint density at radius 3 is 2.48 bits per heavy atom. The first-order chi connectivity index (χ1) is 13.0. The van der Waals surface area contributed by atoms with Crippen molar-refractivity contribution in [3.05, 3.63) is 76.3 Å². The SMILES string of the molecule is Cn1c(CCC(=O)OC(C(N)=O)c2ccccc2)nc2ccccc2c1=O. The van der Waals surface area contributed by atoms with Gasteiger partial charge in [0.25, 0.3) is 11.5 Å². The molecule has 0 aliphatic carbocycles. The van der Waals surface area contributed by atoms with E-state index in [1.54, 1.807) is 61.6 Å². The van der Waals surface area contributed by atoms with Crippen molar-refractivity contribution in [3.8, 4) is 0 Å². The zero-order valence-electron chi connectivity index (χ0n) is 14.8. The molecule has 1 unspecified atom stereocenters. The molecular weight excluding hydrogens is 346 g/mol. The van der Waals surface area contributed by atoms with Gasteiger partial charge in [-0.1, -0.05) is 42.5 Å². The highest BCUT2D eigenvalue weighted by Gasteiger charge is 2.22. The summed E-state index contributed by atoms with van der Waals surface area (Å²) >= 11 is 0. The number of nitrogens with two attached hydrogens (primary N) is 1. The van der Waals surface area contributed by atoms with Crippen LogP contribution < -0.4 is 11.3 Å². The summed E-state index contributed by atoms with van der Waals surface area (Å²) in [7, 11) is 1.61. The van der Waals surface area contributed by atoms with Gasteiger partial charge in [0.1, 0.15) is 5.82 Å². The number of ether oxygens (including phenoxy) is 1. The van der Waals surface area contributed by atoms with Gasteiger partial charge in [-0.05, 0) is 12.1 Å². The Hall–Kier alpha value is -3.48. The highest BCUT2D eigenvalue weighted by Crippen LogP contribution is 2.18. The summed E-state index contributed by atoms with van der Waals surface area (Å²) in [5.74, 6) is -0.873. The molecule has 0 bridgehead atoms. The summed E-state index contributed by atoms with van der Waals surface area (Å²) in [5, 5.41) is 0.518. The average Bonchev–Trinajstić information content (AvgIpc) is 2.68. The summed E-state index contributed by atoms with van der Waals surface area (Å²) in [5.41, 5.74) is 6.26. The van der Waals surface area contributed by atoms with Crippen molar-refractivity contribution in [2.75, 3.05) is 0 Å². The molecule has 1 amide bonds. The number of fused-ring (bicyclic) bond motifs is 1. The van der Waals surface area contributed by atoms with Crippen LogP contribution in [0, 0.1) is 0 Å². The number of aryl methyl sites for hydroxylation is 1. The van der Waals surface area contributed by atoms with Crippen molar-refractivity contribution < 1.29 is 14.3 Å². The lowest BCUT2D eigenvalue weighted by molar-refractivity contribution is -0.155. The molecule has 7 heteroatoms. The van der Waals surface area contributed by atoms with Crippen LogP contribution in [-0.2, 0) is 27.8 Å². The van der Waals surface area contributed by atoms with E-state index in [4.69, 9.17) is 10.5 Å². The number of esters is 1. The van der Waals surface area contributed by atoms with E-state index in [0.29, 0.717) is 22.3 Å². The van der Waals surface area contributed by atoms with E-state index in [-0.39, 0.29) is 18.4 Å². The van der Waals surface area contributed by atoms with Crippen molar-refractivity contribution in [3.63, 3.8) is 0 Å². The monoisotopic (exact) mass is 365 g/mol. The summed E-state index contributed by atoms with van der Waals surface area (Å²) in [6.45, 7) is 0. The van der Waals surface area contributed by atoms with Crippen LogP contribution in [-0.4, -0.2) is 21.4 Å². The molecule has 2 N–H and O–H groups in total. The number of amides is 1. The van der Waals surface area contributed by atoms with Gasteiger partial charge in [-0.3, -0.25) is 19.0 Å². The zero-order valence-corrected chi connectivity index (χ0v) is 14.8. The Kier molecular flexibility index (Phi) is 5.30. The lowest BCUT2D eigenvalue weighted by Crippen LogP contribution is -2.27. The van der Waals surface area contributed by atoms with Crippen molar-refractivity contribution >= 4 is 22.8 Å². The van der Waals surface area contributed by atoms with Crippen LogP contribution in [0.1, 0.15) is 23.9 Å². The smallest absolute Gasteiger partial charge is 0.307 e. The van der Waals surface area contributed by atoms with Crippen molar-refractivity contribution in [1.29, 1.82) is 0 Å². The third kappa shape index (κ3) is 4.03. The van der Waals surface area contributed by atoms with Gasteiger partial charge in [-0.25, -0.2) is 4.98 Å². The minimum Gasteiger partial charge on any atom is -0.447 e. The van der Waals surface area contributed by atoms with Gasteiger partial charge in [0.15, 0.2) is 0 Å². The van der Waals surface area contributed by atoms with Crippen LogP contribution in [0.4, 0.5) is 0 Å². The predicted octanol–water partition coefficient (Wildman–Crippen LogP) is 1.64. The van der Waals surface area contributed by atoms with Crippen molar-refractivity contribution in [2.24, 2.45) is 12.8 Å². The van der Waals surface area contributed by atoms with Gasteiger partial charge in [0.05, 0.1) is 17.3 Å². The fourth-order valence-corrected chi connectivity index (χ4v) is 2.81. The minimum absolute atomic E-state index is 0.0325. The largest absolute Gasteiger partial charge is 0.447 e. The Morgan fingerprint density at radius 2 is 1.78 bits per heavy atom. The first kappa shape index (κ1) is 18.3. The van der Waals surface area contributed by atoms with E-state index >= 15 is 0 Å². The number of carbonyl (C=O) groups excluding carboxylic acids is 2. The number of aromatic nitrogens is 2. The lowest BCUT2D eigenvalue weighted by Gasteiger charge is -2.15. The van der Waals surface area contributed by atoms with Crippen molar-refractivity contribution in [2.45, 2.75) is 18.9 Å². The Morgan fingerprint density at radius 1 is 1.11 bits per heavy atom. The predicted molar refractivity (Wildman–Crippen MR) is 99.8 cm³/mol. The average molecular weight is 365 g/mol. The van der Waals surface area contributed by atoms with Crippen LogP contribution in [0.5, 0.6) is 0 Å². The quantitative estimate of drug-likeness (QED) is 0.669. The third-order valence-corrected chi connectivity index (χ3v) is 4.24. The van der Waals surface area contributed by atoms with E-state index < -0.39 is 18.0 Å². The van der Waals surface area contributed by atoms with E-state index in [0.717, 1.165) is 0 Å². The minimum atomic E-state index is -1.15. The zero-order chi connectivity index (χ0) is 19.4. The van der Waals surface area contributed by atoms with E-state index in [2.05, 4.69) is 4.98 Å². The molecule has 3 aromatic rings. The van der Waals surface area contributed by atoms with Gasteiger partial charge in [0.2, 0.25) is 6.10 Å². The number of carbonyl (C=O) groups is 2. The van der Waals surface area contributed by atoms with Gasteiger partial charge < -0.3 is 10.5 Å². The molecule has 138 valence electrons. The maximum absolute atomic E-state index is 12.4. The molecular formula is C20H19N3O4. The van der Waals surface area contributed by atoms with Crippen LogP contribution in [0.15, 0.2) is 59.4 Å². The first-order valence-corrected chi connectivity index (χ1v) is 8.46. The highest BCUT2D eigenvalue weighted by atomic mass is 16.5. The summed E-state index contributed by atoms with van der Waals surface area (Å²) < 4.78 is 6.66. The maximum Gasteiger partial charge on any atom is 0.307 e. The second-order valence-electron chi connectivity index (χ2n) is 6.09. The van der Waals surface area contributed by atoms with Crippen LogP contribution in [0.3, 0.4) is 0 Å². The molecule has 1 atom stereocenters. The van der Waals surface area contributed by atoms with E-state index in [1.807, 2.05) is 0 Å². The number of hydrogen-bond donors (Lipinski definition) is 1. The third-order valence-electron chi connectivity index (χ3n) is 4.24. The Balaban J connectivity index is 1.74. The summed E-state index contributed by atoms with van der Waals surface area (Å²) in [6.07, 6.45) is -0.975. The molecule has 0 saturated carbocycles. The first-order valence-electron chi connectivity index (χ1n) is 8.46. The molecule has 0 fully saturated rings. The number of benzene rings is 2. The standard InChI is InChI=1S/C20H19N3O4/c1-23-16(22-15-10-6-5-9-14(15)20(23)26)11-12-17(24)27-18(19(21)25)13-7-3-2-4-8-13/h2-10,18H,11-12H2,1H3,(H2,21,25). The number of nitrogens with zero attached hydrogens (tertiary/aromatic N) is 2. The molecule has 7 nitrogen and oxygen atoms in total. The van der Waals surface area contributed by atoms with Crippen molar-refractivity contribution in [1.82, 2.24) is 9.55 Å². The second-order valence-corrected chi connectivity index (χ2v) is 6.09. The fraction of sp³-hybridized carbons (Fsp3) is 0.200. The molecule has 1 heterocycles. The molecule has 0 aliphatic rings. The van der Waals surface area contributed by atoms with E-state index in [9.17, 15) is 14.4 Å². The summed E-state index contributed by atoms with van der Waals surface area (Å²) in [6, 6.07) is 15.6. The molecule has 0 saturated heterocycles. The van der Waals surface area contributed by atoms with Gasteiger partial charge in [-0.2, -0.15) is 0 Å². The molecule has 2 aromatic carbocycles. The summed E-state index contributed by atoms with van der Waals surface area (Å²) in [4.78, 5) is 40.7. The molecule has 1 aromatic heterocycles. The molecule has 0 radical (unpaired) electrons. The van der Waals surface area contributed by atoms with Crippen LogP contribution in [0.2, 0.25) is 0 Å². The fourth-order valence-electron chi connectivity index (χ4n) is 2.81. The van der Waals surface area contributed by atoms with Gasteiger partial charge in [0, 0.05) is 19.0 Å². The Bertz CT molecular complexity index is 1040. The second kappa shape index (κ2) is 7.82. The van der Waals surface area contributed by atoms with E-state index in [1.165, 1.54) is 4.57 Å². The normalized spacial score (nSPS) is 11.9. The van der Waals surface area contributed by atoms with Crippen LogP contribution >= 0.6 is 0 Å². The number of rotatable bonds is 6. The highest BCUT2D eigenvalue weighted by molar-refractivity contribution is 5.83. The Labute approximate surface area is 155 Å². The van der Waals surface area contributed by atoms with Gasteiger partial charge in [-0.15, -0.1) is 0 Å². The molecule has 3 rings (SSSR count).